The minimum absolute atomic E-state index is 0.00688. The third-order valence-electron chi connectivity index (χ3n) is 5.63. The molecule has 0 atom stereocenters. The van der Waals surface area contributed by atoms with Crippen molar-refractivity contribution in [2.24, 2.45) is 0 Å². The molecule has 1 aromatic heterocycles. The van der Waals surface area contributed by atoms with Crippen LogP contribution in [0.4, 0.5) is 4.39 Å². The number of carbonyl (C=O) groups is 1. The van der Waals surface area contributed by atoms with Crippen LogP contribution in [-0.4, -0.2) is 35.6 Å². The van der Waals surface area contributed by atoms with Crippen molar-refractivity contribution >= 4 is 16.7 Å². The molecule has 0 radical (unpaired) electrons. The number of benzene rings is 3. The first-order valence-corrected chi connectivity index (χ1v) is 10.8. The number of methoxy groups -OCH3 is 1. The molecule has 5 heteroatoms. The van der Waals surface area contributed by atoms with Crippen LogP contribution in [0.25, 0.3) is 10.8 Å². The number of aromatic nitrogens is 1. The lowest BCUT2D eigenvalue weighted by molar-refractivity contribution is 0.0722. The van der Waals surface area contributed by atoms with Gasteiger partial charge in [0.2, 0.25) is 0 Å². The van der Waals surface area contributed by atoms with Crippen LogP contribution in [0.5, 0.6) is 0 Å². The molecule has 4 rings (SSSR count). The molecule has 3 aromatic carbocycles. The quantitative estimate of drug-likeness (QED) is 0.328. The highest BCUT2D eigenvalue weighted by molar-refractivity contribution is 6.07. The average molecular weight is 431 g/mol. The number of carbonyl (C=O) groups excluding carboxylic acids is 1. The summed E-state index contributed by atoms with van der Waals surface area (Å²) in [6.07, 6.45) is 2.75. The van der Waals surface area contributed by atoms with E-state index in [1.54, 1.807) is 19.2 Å². The van der Waals surface area contributed by atoms with Gasteiger partial charge < -0.3 is 14.2 Å². The highest BCUT2D eigenvalue weighted by atomic mass is 19.1. The third-order valence-corrected chi connectivity index (χ3v) is 5.63. The molecule has 1 heterocycles. The number of hydrogen-bond donors (Lipinski definition) is 0. The number of halogens is 1. The first-order chi connectivity index (χ1) is 15.7. The molecule has 4 aromatic rings. The van der Waals surface area contributed by atoms with Gasteiger partial charge in [-0.1, -0.05) is 48.5 Å². The SMILES string of the molecule is COCCCN(Cc1cccn1Cc1ccc(F)cc1)C(=O)c1cccc2ccccc12. The van der Waals surface area contributed by atoms with E-state index < -0.39 is 0 Å². The van der Waals surface area contributed by atoms with Gasteiger partial charge in [-0.2, -0.15) is 0 Å². The fourth-order valence-corrected chi connectivity index (χ4v) is 3.96. The van der Waals surface area contributed by atoms with E-state index in [0.29, 0.717) is 31.8 Å². The Bertz CT molecular complexity index is 1180. The normalized spacial score (nSPS) is 11.1. The molecule has 0 aliphatic carbocycles. The van der Waals surface area contributed by atoms with Crippen LogP contribution >= 0.6 is 0 Å². The molecule has 0 aliphatic heterocycles. The second-order valence-corrected chi connectivity index (χ2v) is 7.85. The van der Waals surface area contributed by atoms with Crippen molar-refractivity contribution in [2.45, 2.75) is 19.5 Å². The van der Waals surface area contributed by atoms with Crippen molar-refractivity contribution < 1.29 is 13.9 Å². The first-order valence-electron chi connectivity index (χ1n) is 10.8. The smallest absolute Gasteiger partial charge is 0.254 e. The predicted molar refractivity (Wildman–Crippen MR) is 125 cm³/mol. The molecular formula is C27H27FN2O2. The Kier molecular flexibility index (Phi) is 6.97. The Balaban J connectivity index is 1.59. The van der Waals surface area contributed by atoms with Gasteiger partial charge in [-0.15, -0.1) is 0 Å². The molecule has 4 nitrogen and oxygen atoms in total. The highest BCUT2D eigenvalue weighted by Crippen LogP contribution is 2.21. The zero-order valence-corrected chi connectivity index (χ0v) is 18.2. The van der Waals surface area contributed by atoms with Gasteiger partial charge in [0.15, 0.2) is 0 Å². The van der Waals surface area contributed by atoms with Crippen LogP contribution in [0.15, 0.2) is 85.1 Å². The number of nitrogens with zero attached hydrogens (tertiary/aromatic N) is 2. The molecular weight excluding hydrogens is 403 g/mol. The Morgan fingerprint density at radius 3 is 2.56 bits per heavy atom. The van der Waals surface area contributed by atoms with Gasteiger partial charge in [-0.25, -0.2) is 4.39 Å². The molecule has 32 heavy (non-hydrogen) atoms. The maximum Gasteiger partial charge on any atom is 0.254 e. The maximum absolute atomic E-state index is 13.6. The van der Waals surface area contributed by atoms with Gasteiger partial charge in [0, 0.05) is 44.3 Å². The molecule has 0 saturated heterocycles. The largest absolute Gasteiger partial charge is 0.385 e. The average Bonchev–Trinajstić information content (AvgIpc) is 3.25. The van der Waals surface area contributed by atoms with Crippen molar-refractivity contribution in [2.75, 3.05) is 20.3 Å². The van der Waals surface area contributed by atoms with Gasteiger partial charge in [0.1, 0.15) is 5.82 Å². The lowest BCUT2D eigenvalue weighted by Gasteiger charge is -2.24. The number of fused-ring (bicyclic) bond motifs is 1. The highest BCUT2D eigenvalue weighted by Gasteiger charge is 2.19. The summed E-state index contributed by atoms with van der Waals surface area (Å²) in [5, 5.41) is 2.01. The van der Waals surface area contributed by atoms with Gasteiger partial charge in [-0.3, -0.25) is 4.79 Å². The number of rotatable bonds is 9. The molecule has 0 N–H and O–H groups in total. The van der Waals surface area contributed by atoms with E-state index in [2.05, 4.69) is 4.57 Å². The van der Waals surface area contributed by atoms with Crippen LogP contribution in [0.3, 0.4) is 0 Å². The van der Waals surface area contributed by atoms with Crippen molar-refractivity contribution in [1.82, 2.24) is 9.47 Å². The summed E-state index contributed by atoms with van der Waals surface area (Å²) in [5.74, 6) is -0.237. The van der Waals surface area contributed by atoms with Gasteiger partial charge in [-0.05, 0) is 53.1 Å². The lowest BCUT2D eigenvalue weighted by Crippen LogP contribution is -2.33. The van der Waals surface area contributed by atoms with Crippen molar-refractivity contribution in [1.29, 1.82) is 0 Å². The molecule has 0 unspecified atom stereocenters. The summed E-state index contributed by atoms with van der Waals surface area (Å²) in [6.45, 7) is 2.30. The summed E-state index contributed by atoms with van der Waals surface area (Å²) in [7, 11) is 1.67. The maximum atomic E-state index is 13.6. The van der Waals surface area contributed by atoms with Crippen molar-refractivity contribution in [3.63, 3.8) is 0 Å². The molecule has 0 saturated carbocycles. The second-order valence-electron chi connectivity index (χ2n) is 7.85. The zero-order valence-electron chi connectivity index (χ0n) is 18.2. The molecule has 1 amide bonds. The van der Waals surface area contributed by atoms with Crippen molar-refractivity contribution in [3.8, 4) is 0 Å². The summed E-state index contributed by atoms with van der Waals surface area (Å²) in [5.41, 5.74) is 2.74. The number of ether oxygens (including phenoxy) is 1. The second kappa shape index (κ2) is 10.2. The van der Waals surface area contributed by atoms with Gasteiger partial charge in [0.25, 0.3) is 5.91 Å². The van der Waals surface area contributed by atoms with E-state index in [1.807, 2.05) is 65.7 Å². The molecule has 0 aliphatic rings. The first kappa shape index (κ1) is 21.8. The molecule has 164 valence electrons. The van der Waals surface area contributed by atoms with Gasteiger partial charge in [0.05, 0.1) is 6.54 Å². The van der Waals surface area contributed by atoms with E-state index in [1.165, 1.54) is 12.1 Å². The van der Waals surface area contributed by atoms with Crippen LogP contribution < -0.4 is 0 Å². The zero-order chi connectivity index (χ0) is 22.3. The van der Waals surface area contributed by atoms with Crippen molar-refractivity contribution in [3.05, 3.63) is 108 Å². The summed E-state index contributed by atoms with van der Waals surface area (Å²) in [4.78, 5) is 15.5. The van der Waals surface area contributed by atoms with E-state index in [4.69, 9.17) is 4.74 Å². The van der Waals surface area contributed by atoms with E-state index in [-0.39, 0.29) is 11.7 Å². The minimum atomic E-state index is -0.244. The number of amides is 1. The predicted octanol–water partition coefficient (Wildman–Crippen LogP) is 5.51. The Morgan fingerprint density at radius 1 is 0.969 bits per heavy atom. The number of hydrogen-bond acceptors (Lipinski definition) is 2. The monoisotopic (exact) mass is 430 g/mol. The van der Waals surface area contributed by atoms with E-state index in [9.17, 15) is 9.18 Å². The van der Waals surface area contributed by atoms with Crippen LogP contribution in [0.1, 0.15) is 28.0 Å². The fraction of sp³-hybridized carbons (Fsp3) is 0.222. The Labute approximate surface area is 187 Å². The lowest BCUT2D eigenvalue weighted by atomic mass is 10.0. The Hall–Kier alpha value is -3.44. The summed E-state index contributed by atoms with van der Waals surface area (Å²) in [6, 6.07) is 24.3. The summed E-state index contributed by atoms with van der Waals surface area (Å²) >= 11 is 0. The van der Waals surface area contributed by atoms with Crippen LogP contribution in [0.2, 0.25) is 0 Å². The summed E-state index contributed by atoms with van der Waals surface area (Å²) < 4.78 is 20.6. The van der Waals surface area contributed by atoms with E-state index >= 15 is 0 Å². The van der Waals surface area contributed by atoms with Crippen LogP contribution in [-0.2, 0) is 17.8 Å². The molecule has 0 spiro atoms. The third kappa shape index (κ3) is 5.06. The topological polar surface area (TPSA) is 34.5 Å². The molecule has 0 bridgehead atoms. The Morgan fingerprint density at radius 2 is 1.75 bits per heavy atom. The standard InChI is InChI=1S/C27H27FN2O2/c1-32-18-6-17-30(27(31)26-11-4-8-22-7-2-3-10-25(22)26)20-24-9-5-16-29(24)19-21-12-14-23(28)15-13-21/h2-5,7-16H,6,17-20H2,1H3. The van der Waals surface area contributed by atoms with E-state index in [0.717, 1.165) is 28.5 Å². The minimum Gasteiger partial charge on any atom is -0.385 e. The fourth-order valence-electron chi connectivity index (χ4n) is 3.96. The molecule has 0 fully saturated rings. The van der Waals surface area contributed by atoms with Crippen LogP contribution in [0, 0.1) is 5.82 Å². The van der Waals surface area contributed by atoms with Gasteiger partial charge >= 0.3 is 0 Å².